The first kappa shape index (κ1) is 15.3. The number of halogens is 2. The lowest BCUT2D eigenvalue weighted by molar-refractivity contribution is -0.118. The van der Waals surface area contributed by atoms with Gasteiger partial charge in [-0.15, -0.1) is 0 Å². The Morgan fingerprint density at radius 3 is 2.76 bits per heavy atom. The Kier molecular flexibility index (Phi) is 5.14. The first-order valence-corrected chi connectivity index (χ1v) is 6.54. The van der Waals surface area contributed by atoms with Crippen LogP contribution < -0.4 is 10.1 Å². The average Bonchev–Trinajstić information content (AvgIpc) is 2.45. The van der Waals surface area contributed by atoms with E-state index in [1.54, 1.807) is 24.3 Å². The second-order valence-electron chi connectivity index (χ2n) is 4.22. The number of hydrogen-bond donors (Lipinski definition) is 2. The summed E-state index contributed by atoms with van der Waals surface area (Å²) >= 11 is 5.91. The van der Waals surface area contributed by atoms with Crippen LogP contribution in [0, 0.1) is 5.82 Å². The van der Waals surface area contributed by atoms with Gasteiger partial charge in [-0.2, -0.15) is 0 Å². The normalized spacial score (nSPS) is 10.2. The van der Waals surface area contributed by atoms with Crippen molar-refractivity contribution >= 4 is 23.2 Å². The molecule has 1 amide bonds. The maximum absolute atomic E-state index is 13.0. The fourth-order valence-electron chi connectivity index (χ4n) is 1.73. The van der Waals surface area contributed by atoms with E-state index < -0.39 is 11.7 Å². The number of nitrogens with one attached hydrogen (secondary N) is 1. The van der Waals surface area contributed by atoms with Gasteiger partial charge in [0.1, 0.15) is 11.6 Å². The van der Waals surface area contributed by atoms with E-state index in [-0.39, 0.29) is 13.2 Å². The molecule has 0 aliphatic rings. The highest BCUT2D eigenvalue weighted by Crippen LogP contribution is 2.26. The van der Waals surface area contributed by atoms with Gasteiger partial charge < -0.3 is 15.2 Å². The van der Waals surface area contributed by atoms with Crippen molar-refractivity contribution in [2.24, 2.45) is 0 Å². The Morgan fingerprint density at radius 1 is 1.29 bits per heavy atom. The number of aliphatic hydroxyl groups is 1. The summed E-state index contributed by atoms with van der Waals surface area (Å²) < 4.78 is 18.3. The molecule has 0 unspecified atom stereocenters. The number of rotatable bonds is 5. The molecule has 2 aromatic rings. The van der Waals surface area contributed by atoms with Gasteiger partial charge in [-0.3, -0.25) is 4.79 Å². The monoisotopic (exact) mass is 309 g/mol. The van der Waals surface area contributed by atoms with Crippen molar-refractivity contribution in [3.8, 4) is 5.75 Å². The molecule has 6 heteroatoms. The van der Waals surface area contributed by atoms with Gasteiger partial charge in [0.25, 0.3) is 5.91 Å². The van der Waals surface area contributed by atoms with Crippen LogP contribution in [-0.2, 0) is 11.4 Å². The van der Waals surface area contributed by atoms with Gasteiger partial charge >= 0.3 is 0 Å². The van der Waals surface area contributed by atoms with Gasteiger partial charge in [0.15, 0.2) is 6.61 Å². The summed E-state index contributed by atoms with van der Waals surface area (Å²) in [5.74, 6) is -0.546. The largest absolute Gasteiger partial charge is 0.483 e. The molecule has 0 aliphatic carbocycles. The van der Waals surface area contributed by atoms with Crippen LogP contribution in [-0.4, -0.2) is 17.6 Å². The topological polar surface area (TPSA) is 58.6 Å². The number of amides is 1. The standard InChI is InChI=1S/C15H13ClFNO3/c16-13-5-2-6-14(12(13)8-19)21-9-15(20)18-11-4-1-3-10(17)7-11/h1-7,19H,8-9H2,(H,18,20). The molecule has 0 aliphatic heterocycles. The molecule has 0 fully saturated rings. The number of carbonyl (C=O) groups is 1. The van der Waals surface area contributed by atoms with Crippen molar-refractivity contribution in [2.45, 2.75) is 6.61 Å². The van der Waals surface area contributed by atoms with E-state index in [2.05, 4.69) is 5.32 Å². The molecule has 0 saturated heterocycles. The van der Waals surface area contributed by atoms with Crippen LogP contribution in [0.15, 0.2) is 42.5 Å². The highest BCUT2D eigenvalue weighted by atomic mass is 35.5. The summed E-state index contributed by atoms with van der Waals surface area (Å²) in [7, 11) is 0. The quantitative estimate of drug-likeness (QED) is 0.892. The number of carbonyl (C=O) groups excluding carboxylic acids is 1. The van der Waals surface area contributed by atoms with Crippen molar-refractivity contribution in [1.82, 2.24) is 0 Å². The number of anilines is 1. The van der Waals surface area contributed by atoms with Gasteiger partial charge in [0.05, 0.1) is 6.61 Å². The molecule has 2 rings (SSSR count). The Labute approximate surface area is 126 Å². The maximum Gasteiger partial charge on any atom is 0.262 e. The molecule has 0 atom stereocenters. The van der Waals surface area contributed by atoms with Gasteiger partial charge in [0, 0.05) is 16.3 Å². The van der Waals surface area contributed by atoms with Crippen molar-refractivity contribution in [2.75, 3.05) is 11.9 Å². The molecule has 0 aromatic heterocycles. The van der Waals surface area contributed by atoms with Crippen molar-refractivity contribution in [3.05, 3.63) is 58.9 Å². The van der Waals surface area contributed by atoms with E-state index in [9.17, 15) is 14.3 Å². The van der Waals surface area contributed by atoms with Crippen molar-refractivity contribution < 1.29 is 19.0 Å². The lowest BCUT2D eigenvalue weighted by atomic mass is 10.2. The Balaban J connectivity index is 1.97. The number of aliphatic hydroxyl groups excluding tert-OH is 1. The van der Waals surface area contributed by atoms with Crippen LogP contribution in [0.2, 0.25) is 5.02 Å². The average molecular weight is 310 g/mol. The molecular weight excluding hydrogens is 297 g/mol. The smallest absolute Gasteiger partial charge is 0.262 e. The first-order valence-electron chi connectivity index (χ1n) is 6.16. The Bertz CT molecular complexity index is 649. The summed E-state index contributed by atoms with van der Waals surface area (Å²) in [6.45, 7) is -0.565. The summed E-state index contributed by atoms with van der Waals surface area (Å²) in [6.07, 6.45) is 0. The third-order valence-corrected chi connectivity index (χ3v) is 3.06. The highest BCUT2D eigenvalue weighted by molar-refractivity contribution is 6.31. The summed E-state index contributed by atoms with van der Waals surface area (Å²) in [4.78, 5) is 11.7. The SMILES string of the molecule is O=C(COc1cccc(Cl)c1CO)Nc1cccc(F)c1. The van der Waals surface area contributed by atoms with E-state index in [0.29, 0.717) is 22.0 Å². The van der Waals surface area contributed by atoms with Crippen molar-refractivity contribution in [3.63, 3.8) is 0 Å². The minimum Gasteiger partial charge on any atom is -0.483 e. The Morgan fingerprint density at radius 2 is 2.05 bits per heavy atom. The first-order chi connectivity index (χ1) is 10.1. The molecule has 0 heterocycles. The van der Waals surface area contributed by atoms with Crippen molar-refractivity contribution in [1.29, 1.82) is 0 Å². The van der Waals surface area contributed by atoms with E-state index in [1.807, 2.05) is 0 Å². The fourth-order valence-corrected chi connectivity index (χ4v) is 1.96. The molecule has 0 bridgehead atoms. The van der Waals surface area contributed by atoms with Crippen LogP contribution >= 0.6 is 11.6 Å². The molecule has 110 valence electrons. The third-order valence-electron chi connectivity index (χ3n) is 2.70. The zero-order chi connectivity index (χ0) is 15.2. The number of ether oxygens (including phenoxy) is 1. The molecule has 0 radical (unpaired) electrons. The molecule has 2 N–H and O–H groups in total. The molecule has 4 nitrogen and oxygen atoms in total. The van der Waals surface area contributed by atoms with E-state index in [1.165, 1.54) is 18.2 Å². The maximum atomic E-state index is 13.0. The lowest BCUT2D eigenvalue weighted by Crippen LogP contribution is -2.20. The zero-order valence-corrected chi connectivity index (χ0v) is 11.7. The van der Waals surface area contributed by atoms with Gasteiger partial charge in [-0.05, 0) is 30.3 Å². The van der Waals surface area contributed by atoms with E-state index in [0.717, 1.165) is 0 Å². The third kappa shape index (κ3) is 4.18. The lowest BCUT2D eigenvalue weighted by Gasteiger charge is -2.11. The van der Waals surface area contributed by atoms with Crippen LogP contribution in [0.5, 0.6) is 5.75 Å². The van der Waals surface area contributed by atoms with Gasteiger partial charge in [-0.25, -0.2) is 4.39 Å². The molecule has 0 saturated carbocycles. The molecule has 2 aromatic carbocycles. The highest BCUT2D eigenvalue weighted by Gasteiger charge is 2.09. The minimum absolute atomic E-state index is 0.274. The van der Waals surface area contributed by atoms with Gasteiger partial charge in [-0.1, -0.05) is 23.7 Å². The minimum atomic E-state index is -0.440. The zero-order valence-electron chi connectivity index (χ0n) is 11.0. The van der Waals surface area contributed by atoms with E-state index in [4.69, 9.17) is 16.3 Å². The second-order valence-corrected chi connectivity index (χ2v) is 4.63. The van der Waals surface area contributed by atoms with Crippen LogP contribution in [0.4, 0.5) is 10.1 Å². The van der Waals surface area contributed by atoms with Crippen LogP contribution in [0.1, 0.15) is 5.56 Å². The van der Waals surface area contributed by atoms with E-state index >= 15 is 0 Å². The molecular formula is C15H13ClFNO3. The predicted molar refractivity (Wildman–Crippen MR) is 77.9 cm³/mol. The van der Waals surface area contributed by atoms with Gasteiger partial charge in [0.2, 0.25) is 0 Å². The summed E-state index contributed by atoms with van der Waals surface area (Å²) in [6, 6.07) is 10.4. The molecule has 0 spiro atoms. The number of benzene rings is 2. The Hall–Kier alpha value is -2.11. The predicted octanol–water partition coefficient (Wildman–Crippen LogP) is 2.99. The summed E-state index contributed by atoms with van der Waals surface area (Å²) in [5, 5.41) is 12.1. The van der Waals surface area contributed by atoms with Crippen LogP contribution in [0.25, 0.3) is 0 Å². The summed E-state index contributed by atoms with van der Waals surface area (Å²) in [5.41, 5.74) is 0.759. The number of hydrogen-bond acceptors (Lipinski definition) is 3. The molecule has 21 heavy (non-hydrogen) atoms. The second kappa shape index (κ2) is 7.06. The van der Waals surface area contributed by atoms with Crippen LogP contribution in [0.3, 0.4) is 0 Å². The fraction of sp³-hybridized carbons (Fsp3) is 0.133.